The quantitative estimate of drug-likeness (QED) is 0.427. The molecule has 0 spiro atoms. The minimum atomic E-state index is -3.82. The molecular weight excluding hydrogens is 478 g/mol. The lowest BCUT2D eigenvalue weighted by molar-refractivity contribution is -0.123. The van der Waals surface area contributed by atoms with Crippen LogP contribution in [0.25, 0.3) is 6.08 Å². The fourth-order valence-corrected chi connectivity index (χ4v) is 5.65. The maximum atomic E-state index is 13.1. The second-order valence-electron chi connectivity index (χ2n) is 6.99. The number of nitrogens with zero attached hydrogens (tertiary/aromatic N) is 2. The minimum Gasteiger partial charge on any atom is -0.457 e. The molecule has 33 heavy (non-hydrogen) atoms. The second kappa shape index (κ2) is 8.47. The summed E-state index contributed by atoms with van der Waals surface area (Å²) in [5, 5.41) is 1.13. The van der Waals surface area contributed by atoms with Gasteiger partial charge in [0, 0.05) is 11.1 Å². The summed E-state index contributed by atoms with van der Waals surface area (Å²) in [6.07, 6.45) is 1.69. The van der Waals surface area contributed by atoms with Gasteiger partial charge in [0.1, 0.15) is 16.4 Å². The zero-order valence-electron chi connectivity index (χ0n) is 16.8. The average molecular weight is 494 g/mol. The van der Waals surface area contributed by atoms with Crippen LogP contribution in [-0.4, -0.2) is 29.5 Å². The molecule has 0 aliphatic carbocycles. The van der Waals surface area contributed by atoms with E-state index >= 15 is 0 Å². The van der Waals surface area contributed by atoms with Gasteiger partial charge < -0.3 is 4.74 Å². The molecule has 0 radical (unpaired) electrons. The van der Waals surface area contributed by atoms with Crippen LogP contribution in [0.5, 0.6) is 11.5 Å². The third kappa shape index (κ3) is 4.15. The third-order valence-electron chi connectivity index (χ3n) is 4.82. The van der Waals surface area contributed by atoms with Crippen molar-refractivity contribution in [1.29, 1.82) is 0 Å². The number of nitrogens with one attached hydrogen (secondary N) is 1. The van der Waals surface area contributed by atoms with Crippen LogP contribution >= 0.6 is 24.0 Å². The summed E-state index contributed by atoms with van der Waals surface area (Å²) in [4.78, 5) is 13.5. The number of amidine groups is 1. The van der Waals surface area contributed by atoms with Crippen molar-refractivity contribution in [3.8, 4) is 11.5 Å². The number of hydrogen-bond acceptors (Lipinski definition) is 7. The highest BCUT2D eigenvalue weighted by Gasteiger charge is 2.36. The van der Waals surface area contributed by atoms with E-state index in [1.54, 1.807) is 24.3 Å². The SMILES string of the molecule is O=C1/C(=C\c2ccccc2Oc2ccccc2)SC(=S)N1NC1=NS(=O)(=O)c2ccccc21. The Morgan fingerprint density at radius 2 is 1.67 bits per heavy atom. The van der Waals surface area contributed by atoms with Crippen molar-refractivity contribution in [2.45, 2.75) is 4.90 Å². The van der Waals surface area contributed by atoms with Crippen molar-refractivity contribution in [3.05, 3.63) is 94.9 Å². The largest absolute Gasteiger partial charge is 0.457 e. The Morgan fingerprint density at radius 3 is 2.48 bits per heavy atom. The number of thioether (sulfide) groups is 1. The number of para-hydroxylation sites is 2. The molecule has 0 aromatic heterocycles. The predicted octanol–water partition coefficient (Wildman–Crippen LogP) is 4.33. The topological polar surface area (TPSA) is 88.1 Å². The van der Waals surface area contributed by atoms with Gasteiger partial charge in [0.25, 0.3) is 15.9 Å². The second-order valence-corrected chi connectivity index (χ2v) is 10.2. The van der Waals surface area contributed by atoms with Crippen molar-refractivity contribution < 1.29 is 17.9 Å². The number of ether oxygens (including phenoxy) is 1. The van der Waals surface area contributed by atoms with Crippen LogP contribution in [0.2, 0.25) is 0 Å². The summed E-state index contributed by atoms with van der Waals surface area (Å²) < 4.78 is 34.6. The van der Waals surface area contributed by atoms with E-state index in [2.05, 4.69) is 9.82 Å². The third-order valence-corrected chi connectivity index (χ3v) is 7.46. The van der Waals surface area contributed by atoms with Crippen LogP contribution < -0.4 is 10.2 Å². The maximum absolute atomic E-state index is 13.1. The van der Waals surface area contributed by atoms with Gasteiger partial charge in [-0.2, -0.15) is 13.4 Å². The molecule has 3 aromatic carbocycles. The standard InChI is InChI=1S/C23H15N3O4S3/c27-22-19(14-15-8-4-6-12-18(15)30-16-9-2-1-3-10-16)32-23(31)26(22)24-21-17-11-5-7-13-20(17)33(28,29)25-21/h1-14H,(H,24,25)/b19-14+. The molecule has 2 aliphatic rings. The van der Waals surface area contributed by atoms with Crippen LogP contribution in [0.1, 0.15) is 11.1 Å². The van der Waals surface area contributed by atoms with Gasteiger partial charge in [-0.15, -0.1) is 4.40 Å². The van der Waals surface area contributed by atoms with Crippen LogP contribution in [0.15, 0.2) is 93.1 Å². The molecule has 5 rings (SSSR count). The molecule has 0 bridgehead atoms. The van der Waals surface area contributed by atoms with Crippen LogP contribution in [0.4, 0.5) is 0 Å². The number of hydrazine groups is 1. The van der Waals surface area contributed by atoms with E-state index in [-0.39, 0.29) is 15.1 Å². The Morgan fingerprint density at radius 1 is 0.970 bits per heavy atom. The van der Waals surface area contributed by atoms with Crippen molar-refractivity contribution in [2.75, 3.05) is 0 Å². The Hall–Kier alpha value is -3.47. The number of rotatable bonds is 4. The monoisotopic (exact) mass is 493 g/mol. The predicted molar refractivity (Wildman–Crippen MR) is 131 cm³/mol. The van der Waals surface area contributed by atoms with Gasteiger partial charge in [-0.05, 0) is 48.6 Å². The molecule has 7 nitrogen and oxygen atoms in total. The van der Waals surface area contributed by atoms with E-state index in [1.807, 2.05) is 54.6 Å². The zero-order chi connectivity index (χ0) is 23.0. The summed E-state index contributed by atoms with van der Waals surface area (Å²) in [7, 11) is -3.82. The van der Waals surface area contributed by atoms with E-state index in [0.29, 0.717) is 27.5 Å². The molecule has 0 atom stereocenters. The first-order chi connectivity index (χ1) is 15.9. The first kappa shape index (κ1) is 21.4. The van der Waals surface area contributed by atoms with Gasteiger partial charge in [0.05, 0.1) is 4.91 Å². The van der Waals surface area contributed by atoms with Crippen molar-refractivity contribution >= 4 is 56.1 Å². The van der Waals surface area contributed by atoms with Crippen molar-refractivity contribution in [2.24, 2.45) is 4.40 Å². The Labute approximate surface area is 199 Å². The Balaban J connectivity index is 1.41. The van der Waals surface area contributed by atoms with E-state index in [0.717, 1.165) is 16.8 Å². The van der Waals surface area contributed by atoms with Gasteiger partial charge >= 0.3 is 0 Å². The summed E-state index contributed by atoms with van der Waals surface area (Å²) in [6, 6.07) is 23.1. The number of carbonyl (C=O) groups excluding carboxylic acids is 1. The van der Waals surface area contributed by atoms with Gasteiger partial charge in [-0.1, -0.05) is 60.3 Å². The molecule has 1 fully saturated rings. The molecule has 1 saturated heterocycles. The fraction of sp³-hybridized carbons (Fsp3) is 0. The van der Waals surface area contributed by atoms with Gasteiger partial charge in [-0.25, -0.2) is 0 Å². The van der Waals surface area contributed by atoms with E-state index in [1.165, 1.54) is 6.07 Å². The number of thiocarbonyl (C=S) groups is 1. The molecule has 10 heteroatoms. The minimum absolute atomic E-state index is 0.0518. The number of amides is 1. The van der Waals surface area contributed by atoms with Gasteiger partial charge in [0.15, 0.2) is 10.2 Å². The zero-order valence-corrected chi connectivity index (χ0v) is 19.3. The molecule has 1 amide bonds. The summed E-state index contributed by atoms with van der Waals surface area (Å²) >= 11 is 6.47. The highest BCUT2D eigenvalue weighted by atomic mass is 32.2. The van der Waals surface area contributed by atoms with Crippen molar-refractivity contribution in [1.82, 2.24) is 10.4 Å². The van der Waals surface area contributed by atoms with E-state index in [4.69, 9.17) is 17.0 Å². The lowest BCUT2D eigenvalue weighted by Gasteiger charge is -2.16. The summed E-state index contributed by atoms with van der Waals surface area (Å²) in [6.45, 7) is 0. The lowest BCUT2D eigenvalue weighted by Crippen LogP contribution is -2.44. The Kier molecular flexibility index (Phi) is 5.49. The number of fused-ring (bicyclic) bond motifs is 1. The molecule has 0 unspecified atom stereocenters. The number of benzene rings is 3. The molecular formula is C23H15N3O4S3. The highest BCUT2D eigenvalue weighted by molar-refractivity contribution is 8.26. The molecule has 1 N–H and O–H groups in total. The average Bonchev–Trinajstić information content (AvgIpc) is 3.23. The van der Waals surface area contributed by atoms with Gasteiger partial charge in [0.2, 0.25) is 0 Å². The first-order valence-electron chi connectivity index (χ1n) is 9.73. The number of carbonyl (C=O) groups is 1. The molecule has 2 aliphatic heterocycles. The summed E-state index contributed by atoms with van der Waals surface area (Å²) in [5.74, 6) is 0.897. The lowest BCUT2D eigenvalue weighted by atomic mass is 10.2. The number of sulfonamides is 1. The van der Waals surface area contributed by atoms with Crippen LogP contribution in [0, 0.1) is 0 Å². The van der Waals surface area contributed by atoms with Gasteiger partial charge in [-0.3, -0.25) is 10.2 Å². The first-order valence-corrected chi connectivity index (χ1v) is 12.4. The van der Waals surface area contributed by atoms with E-state index in [9.17, 15) is 13.2 Å². The molecule has 0 saturated carbocycles. The van der Waals surface area contributed by atoms with Crippen molar-refractivity contribution in [3.63, 3.8) is 0 Å². The maximum Gasteiger partial charge on any atom is 0.285 e. The smallest absolute Gasteiger partial charge is 0.285 e. The fourth-order valence-electron chi connectivity index (χ4n) is 3.31. The number of hydrogen-bond donors (Lipinski definition) is 1. The van der Waals surface area contributed by atoms with Crippen LogP contribution in [-0.2, 0) is 14.8 Å². The highest BCUT2D eigenvalue weighted by Crippen LogP contribution is 2.35. The Bertz CT molecular complexity index is 1450. The van der Waals surface area contributed by atoms with Crippen LogP contribution in [0.3, 0.4) is 0 Å². The molecule has 2 heterocycles. The normalized spacial score (nSPS) is 17.8. The van der Waals surface area contributed by atoms with E-state index < -0.39 is 15.9 Å². The molecule has 164 valence electrons. The summed E-state index contributed by atoms with van der Waals surface area (Å²) in [5.41, 5.74) is 3.87. The molecule has 3 aromatic rings.